The molecule has 0 N–H and O–H groups in total. The minimum absolute atomic E-state index is 0.00322. The highest BCUT2D eigenvalue weighted by Gasteiger charge is 2.26. The molecular formula is C23H21ClFN3O2S. The first-order valence-corrected chi connectivity index (χ1v) is 11.2. The van der Waals surface area contributed by atoms with Crippen molar-refractivity contribution in [3.63, 3.8) is 0 Å². The van der Waals surface area contributed by atoms with Crippen molar-refractivity contribution < 1.29 is 14.0 Å². The third-order valence-corrected chi connectivity index (χ3v) is 6.42. The van der Waals surface area contributed by atoms with Crippen LogP contribution in [0.2, 0.25) is 5.02 Å². The Balaban J connectivity index is 1.30. The lowest BCUT2D eigenvalue weighted by molar-refractivity contribution is -0.132. The first-order chi connectivity index (χ1) is 15.0. The molecule has 0 radical (unpaired) electrons. The number of halogens is 2. The standard InChI is InChI=1S/C23H21ClFN3O2S/c24-20-13-17(25)6-7-19(20)23(30)28-10-8-27(9-11-28)22(29)14-18-15-31-21(26-18)12-16-4-2-1-3-5-16/h1-7,13,15H,8-12,14H2. The molecule has 31 heavy (non-hydrogen) atoms. The second-order valence-electron chi connectivity index (χ2n) is 7.37. The number of benzene rings is 2. The highest BCUT2D eigenvalue weighted by atomic mass is 35.5. The second-order valence-corrected chi connectivity index (χ2v) is 8.72. The van der Waals surface area contributed by atoms with Crippen molar-refractivity contribution in [2.24, 2.45) is 0 Å². The fourth-order valence-corrected chi connectivity index (χ4v) is 4.62. The highest BCUT2D eigenvalue weighted by Crippen LogP contribution is 2.20. The van der Waals surface area contributed by atoms with E-state index in [0.717, 1.165) is 23.2 Å². The van der Waals surface area contributed by atoms with Gasteiger partial charge in [0.1, 0.15) is 5.82 Å². The lowest BCUT2D eigenvalue weighted by Crippen LogP contribution is -2.51. The van der Waals surface area contributed by atoms with E-state index in [4.69, 9.17) is 11.6 Å². The summed E-state index contributed by atoms with van der Waals surface area (Å²) < 4.78 is 13.2. The number of hydrogen-bond donors (Lipinski definition) is 0. The normalized spacial score (nSPS) is 14.0. The van der Waals surface area contributed by atoms with Crippen molar-refractivity contribution in [1.29, 1.82) is 0 Å². The van der Waals surface area contributed by atoms with Gasteiger partial charge in [0.2, 0.25) is 5.91 Å². The molecule has 3 aromatic rings. The van der Waals surface area contributed by atoms with E-state index in [1.54, 1.807) is 21.1 Å². The third-order valence-electron chi connectivity index (χ3n) is 5.21. The van der Waals surface area contributed by atoms with Crippen molar-refractivity contribution >= 4 is 34.8 Å². The van der Waals surface area contributed by atoms with Gasteiger partial charge in [0, 0.05) is 38.0 Å². The van der Waals surface area contributed by atoms with Crippen molar-refractivity contribution in [3.8, 4) is 0 Å². The predicted molar refractivity (Wildman–Crippen MR) is 119 cm³/mol. The summed E-state index contributed by atoms with van der Waals surface area (Å²) in [5.41, 5.74) is 2.24. The minimum Gasteiger partial charge on any atom is -0.339 e. The quantitative estimate of drug-likeness (QED) is 0.580. The van der Waals surface area contributed by atoms with Gasteiger partial charge in [-0.2, -0.15) is 0 Å². The van der Waals surface area contributed by atoms with Crippen LogP contribution in [0.15, 0.2) is 53.9 Å². The Kier molecular flexibility index (Phi) is 6.63. The molecule has 0 saturated carbocycles. The van der Waals surface area contributed by atoms with Gasteiger partial charge in [-0.3, -0.25) is 9.59 Å². The number of hydrogen-bond acceptors (Lipinski definition) is 4. The third kappa shape index (κ3) is 5.29. The lowest BCUT2D eigenvalue weighted by Gasteiger charge is -2.35. The first kappa shape index (κ1) is 21.5. The van der Waals surface area contributed by atoms with E-state index < -0.39 is 5.82 Å². The summed E-state index contributed by atoms with van der Waals surface area (Å²) >= 11 is 7.57. The van der Waals surface area contributed by atoms with E-state index in [1.807, 2.05) is 23.6 Å². The molecule has 0 unspecified atom stereocenters. The molecule has 1 saturated heterocycles. The molecule has 8 heteroatoms. The Morgan fingerprint density at radius 1 is 1.03 bits per heavy atom. The van der Waals surface area contributed by atoms with Gasteiger partial charge in [-0.1, -0.05) is 41.9 Å². The zero-order valence-corrected chi connectivity index (χ0v) is 18.3. The van der Waals surface area contributed by atoms with Crippen LogP contribution in [0.4, 0.5) is 4.39 Å². The zero-order valence-electron chi connectivity index (χ0n) is 16.8. The smallest absolute Gasteiger partial charge is 0.255 e. The summed E-state index contributed by atoms with van der Waals surface area (Å²) in [6, 6.07) is 13.9. The van der Waals surface area contributed by atoms with Crippen LogP contribution >= 0.6 is 22.9 Å². The molecule has 1 aliphatic rings. The van der Waals surface area contributed by atoms with E-state index in [1.165, 1.54) is 17.7 Å². The molecular weight excluding hydrogens is 437 g/mol. The Bertz CT molecular complexity index is 1080. The Morgan fingerprint density at radius 3 is 2.45 bits per heavy atom. The van der Waals surface area contributed by atoms with Crippen LogP contribution in [0, 0.1) is 5.82 Å². The fraction of sp³-hybridized carbons (Fsp3) is 0.261. The molecule has 160 valence electrons. The molecule has 5 nitrogen and oxygen atoms in total. The van der Waals surface area contributed by atoms with Crippen molar-refractivity contribution in [2.45, 2.75) is 12.8 Å². The molecule has 0 spiro atoms. The SMILES string of the molecule is O=C(Cc1csc(Cc2ccccc2)n1)N1CCN(C(=O)c2ccc(F)cc2Cl)CC1. The van der Waals surface area contributed by atoms with Gasteiger partial charge in [0.15, 0.2) is 0 Å². The first-order valence-electron chi connectivity index (χ1n) is 9.99. The average Bonchev–Trinajstić information content (AvgIpc) is 3.20. The average molecular weight is 458 g/mol. The zero-order chi connectivity index (χ0) is 21.8. The van der Waals surface area contributed by atoms with Crippen molar-refractivity contribution in [1.82, 2.24) is 14.8 Å². The van der Waals surface area contributed by atoms with E-state index in [9.17, 15) is 14.0 Å². The number of nitrogens with zero attached hydrogens (tertiary/aromatic N) is 3. The molecule has 1 aliphatic heterocycles. The monoisotopic (exact) mass is 457 g/mol. The van der Waals surface area contributed by atoms with Crippen LogP contribution in [0.1, 0.15) is 26.6 Å². The van der Waals surface area contributed by atoms with Crippen LogP contribution in [0.25, 0.3) is 0 Å². The largest absolute Gasteiger partial charge is 0.339 e. The van der Waals surface area contributed by atoms with Gasteiger partial charge in [-0.15, -0.1) is 11.3 Å². The number of piperazine rings is 1. The predicted octanol–water partition coefficient (Wildman–Crippen LogP) is 4.05. The summed E-state index contributed by atoms with van der Waals surface area (Å²) in [4.78, 5) is 33.4. The van der Waals surface area contributed by atoms with Crippen LogP contribution in [-0.4, -0.2) is 52.8 Å². The number of carbonyl (C=O) groups excluding carboxylic acids is 2. The molecule has 1 aromatic heterocycles. The molecule has 1 fully saturated rings. The minimum atomic E-state index is -0.481. The molecule has 0 aliphatic carbocycles. The summed E-state index contributed by atoms with van der Waals surface area (Å²) in [6.45, 7) is 1.72. The van der Waals surface area contributed by atoms with E-state index in [-0.39, 0.29) is 28.8 Å². The summed E-state index contributed by atoms with van der Waals surface area (Å²) in [5, 5.41) is 3.02. The maximum Gasteiger partial charge on any atom is 0.255 e. The van der Waals surface area contributed by atoms with Crippen LogP contribution in [-0.2, 0) is 17.6 Å². The Morgan fingerprint density at radius 2 is 1.74 bits per heavy atom. The van der Waals surface area contributed by atoms with Gasteiger partial charge in [0.05, 0.1) is 27.7 Å². The van der Waals surface area contributed by atoms with Crippen molar-refractivity contribution in [2.75, 3.05) is 26.2 Å². The van der Waals surface area contributed by atoms with E-state index in [0.29, 0.717) is 26.2 Å². The van der Waals surface area contributed by atoms with Crippen LogP contribution < -0.4 is 0 Å². The van der Waals surface area contributed by atoms with Crippen LogP contribution in [0.5, 0.6) is 0 Å². The van der Waals surface area contributed by atoms with Gasteiger partial charge in [-0.25, -0.2) is 9.37 Å². The number of aromatic nitrogens is 1. The van der Waals surface area contributed by atoms with Gasteiger partial charge < -0.3 is 9.80 Å². The van der Waals surface area contributed by atoms with Crippen LogP contribution in [0.3, 0.4) is 0 Å². The number of carbonyl (C=O) groups is 2. The lowest BCUT2D eigenvalue weighted by atomic mass is 10.1. The topological polar surface area (TPSA) is 53.5 Å². The Hall–Kier alpha value is -2.77. The highest BCUT2D eigenvalue weighted by molar-refractivity contribution is 7.09. The molecule has 2 heterocycles. The van der Waals surface area contributed by atoms with E-state index >= 15 is 0 Å². The number of amides is 2. The molecule has 0 bridgehead atoms. The number of rotatable bonds is 5. The summed E-state index contributed by atoms with van der Waals surface area (Å²) in [6.07, 6.45) is 1.01. The van der Waals surface area contributed by atoms with Gasteiger partial charge in [-0.05, 0) is 23.8 Å². The Labute approximate surface area is 189 Å². The van der Waals surface area contributed by atoms with E-state index in [2.05, 4.69) is 17.1 Å². The molecule has 4 rings (SSSR count). The van der Waals surface area contributed by atoms with Crippen molar-refractivity contribution in [3.05, 3.63) is 86.6 Å². The maximum atomic E-state index is 13.2. The summed E-state index contributed by atoms with van der Waals surface area (Å²) in [5.74, 6) is -0.725. The fourth-order valence-electron chi connectivity index (χ4n) is 3.54. The second kappa shape index (κ2) is 9.58. The maximum absolute atomic E-state index is 13.2. The van der Waals surface area contributed by atoms with Gasteiger partial charge >= 0.3 is 0 Å². The molecule has 2 amide bonds. The van der Waals surface area contributed by atoms with Gasteiger partial charge in [0.25, 0.3) is 5.91 Å². The molecule has 0 atom stereocenters. The number of thiazole rings is 1. The summed E-state index contributed by atoms with van der Waals surface area (Å²) in [7, 11) is 0. The molecule has 2 aromatic carbocycles.